The highest BCUT2D eigenvalue weighted by Gasteiger charge is 2.23. The third-order valence-corrected chi connectivity index (χ3v) is 4.19. The zero-order valence-corrected chi connectivity index (χ0v) is 11.9. The summed E-state index contributed by atoms with van der Waals surface area (Å²) < 4.78 is 13.2. The molecule has 2 nitrogen and oxygen atoms in total. The van der Waals surface area contributed by atoms with E-state index in [0.29, 0.717) is 18.2 Å². The van der Waals surface area contributed by atoms with Gasteiger partial charge in [0.25, 0.3) is 0 Å². The summed E-state index contributed by atoms with van der Waals surface area (Å²) in [5, 5.41) is 10.3. The number of likely N-dealkylation sites (tertiary alicyclic amines) is 1. The van der Waals surface area contributed by atoms with Crippen molar-refractivity contribution in [1.82, 2.24) is 4.90 Å². The summed E-state index contributed by atoms with van der Waals surface area (Å²) in [6, 6.07) is 5.48. The van der Waals surface area contributed by atoms with E-state index in [4.69, 9.17) is 0 Å². The Bertz CT molecular complexity index is 421. The number of aliphatic hydroxyl groups excluding tert-OH is 1. The minimum atomic E-state index is -0.522. The van der Waals surface area contributed by atoms with Crippen molar-refractivity contribution in [3.8, 4) is 0 Å². The van der Waals surface area contributed by atoms with Crippen molar-refractivity contribution in [3.63, 3.8) is 0 Å². The van der Waals surface area contributed by atoms with Crippen LogP contribution in [0.3, 0.4) is 0 Å². The molecule has 1 heterocycles. The van der Waals surface area contributed by atoms with Crippen molar-refractivity contribution < 1.29 is 9.50 Å². The van der Waals surface area contributed by atoms with Crippen LogP contribution in [0.1, 0.15) is 49.8 Å². The van der Waals surface area contributed by atoms with Gasteiger partial charge in [-0.05, 0) is 49.9 Å². The van der Waals surface area contributed by atoms with Crippen LogP contribution >= 0.6 is 0 Å². The Labute approximate surface area is 115 Å². The number of aliphatic hydroxyl groups is 1. The molecule has 2 atom stereocenters. The van der Waals surface area contributed by atoms with Gasteiger partial charge in [0, 0.05) is 12.6 Å². The fourth-order valence-corrected chi connectivity index (χ4v) is 2.97. The van der Waals surface area contributed by atoms with Crippen LogP contribution in [0.5, 0.6) is 0 Å². The Morgan fingerprint density at radius 2 is 2.21 bits per heavy atom. The van der Waals surface area contributed by atoms with Crippen molar-refractivity contribution in [3.05, 3.63) is 35.1 Å². The lowest BCUT2D eigenvalue weighted by molar-refractivity contribution is 0.0655. The molecule has 0 aromatic heterocycles. The fourth-order valence-electron chi connectivity index (χ4n) is 2.97. The van der Waals surface area contributed by atoms with Crippen molar-refractivity contribution >= 4 is 0 Å². The topological polar surface area (TPSA) is 23.5 Å². The molecule has 0 saturated carbocycles. The summed E-state index contributed by atoms with van der Waals surface area (Å²) in [6.45, 7) is 5.66. The van der Waals surface area contributed by atoms with E-state index < -0.39 is 6.10 Å². The van der Waals surface area contributed by atoms with Gasteiger partial charge in [-0.1, -0.05) is 25.5 Å². The Balaban J connectivity index is 2.02. The molecule has 0 bridgehead atoms. The summed E-state index contributed by atoms with van der Waals surface area (Å²) in [5.74, 6) is -0.208. The van der Waals surface area contributed by atoms with Crippen LogP contribution < -0.4 is 0 Å². The number of hydrogen-bond acceptors (Lipinski definition) is 2. The van der Waals surface area contributed by atoms with Gasteiger partial charge >= 0.3 is 0 Å². The van der Waals surface area contributed by atoms with Crippen molar-refractivity contribution in [2.45, 2.75) is 51.7 Å². The molecule has 0 spiro atoms. The second-order valence-electron chi connectivity index (χ2n) is 5.58. The Morgan fingerprint density at radius 1 is 1.42 bits per heavy atom. The van der Waals surface area contributed by atoms with E-state index in [1.54, 1.807) is 19.1 Å². The molecule has 1 aliphatic heterocycles. The molecule has 1 fully saturated rings. The lowest BCUT2D eigenvalue weighted by Gasteiger charge is -2.36. The zero-order valence-electron chi connectivity index (χ0n) is 11.9. The van der Waals surface area contributed by atoms with E-state index in [2.05, 4.69) is 11.8 Å². The Kier molecular flexibility index (Phi) is 4.94. The number of hydrogen-bond donors (Lipinski definition) is 1. The first-order chi connectivity index (χ1) is 9.11. The molecule has 2 rings (SSSR count). The molecule has 19 heavy (non-hydrogen) atoms. The lowest BCUT2D eigenvalue weighted by Crippen LogP contribution is -2.41. The van der Waals surface area contributed by atoms with E-state index >= 15 is 0 Å². The van der Waals surface area contributed by atoms with Crippen LogP contribution in [0.15, 0.2) is 18.2 Å². The molecule has 3 heteroatoms. The molecule has 0 aliphatic carbocycles. The number of benzene rings is 1. The van der Waals surface area contributed by atoms with Crippen LogP contribution in [0.4, 0.5) is 4.39 Å². The van der Waals surface area contributed by atoms with E-state index in [0.717, 1.165) is 18.5 Å². The smallest absolute Gasteiger partial charge is 0.126 e. The first kappa shape index (κ1) is 14.5. The second-order valence-corrected chi connectivity index (χ2v) is 5.58. The number of piperidine rings is 1. The lowest BCUT2D eigenvalue weighted by atomic mass is 9.98. The number of aryl methyl sites for hydroxylation is 1. The number of β-amino-alcohol motifs (C(OH)–C–C–N with tert-alkyl or cyclic N) is 1. The standard InChI is InChI=1S/C16H24FNO/c1-3-14-6-4-5-9-18(14)11-16(19)13-7-8-15(17)12(2)10-13/h7-8,10,14,16,19H,3-6,9,11H2,1-2H3. The predicted molar refractivity (Wildman–Crippen MR) is 75.6 cm³/mol. The van der Waals surface area contributed by atoms with Gasteiger partial charge in [-0.15, -0.1) is 0 Å². The quantitative estimate of drug-likeness (QED) is 0.901. The monoisotopic (exact) mass is 265 g/mol. The first-order valence-electron chi connectivity index (χ1n) is 7.30. The van der Waals surface area contributed by atoms with Gasteiger partial charge in [0.15, 0.2) is 0 Å². The van der Waals surface area contributed by atoms with E-state index in [1.165, 1.54) is 25.3 Å². The zero-order chi connectivity index (χ0) is 13.8. The second kappa shape index (κ2) is 6.49. The molecule has 2 unspecified atom stereocenters. The maximum Gasteiger partial charge on any atom is 0.126 e. The van der Waals surface area contributed by atoms with Crippen molar-refractivity contribution in [2.24, 2.45) is 0 Å². The minimum Gasteiger partial charge on any atom is -0.387 e. The van der Waals surface area contributed by atoms with E-state index in [-0.39, 0.29) is 5.82 Å². The molecule has 1 aliphatic rings. The maximum absolute atomic E-state index is 13.2. The minimum absolute atomic E-state index is 0.208. The molecule has 1 saturated heterocycles. The van der Waals surface area contributed by atoms with Gasteiger partial charge in [0.2, 0.25) is 0 Å². The molecular formula is C16H24FNO. The van der Waals surface area contributed by atoms with Gasteiger partial charge in [-0.3, -0.25) is 4.90 Å². The summed E-state index contributed by atoms with van der Waals surface area (Å²) in [7, 11) is 0. The van der Waals surface area contributed by atoms with Crippen LogP contribution in [0, 0.1) is 12.7 Å². The molecule has 1 aromatic carbocycles. The van der Waals surface area contributed by atoms with Gasteiger partial charge in [0.1, 0.15) is 5.82 Å². The molecular weight excluding hydrogens is 241 g/mol. The Morgan fingerprint density at radius 3 is 2.89 bits per heavy atom. The number of nitrogens with zero attached hydrogens (tertiary/aromatic N) is 1. The van der Waals surface area contributed by atoms with Gasteiger partial charge in [-0.25, -0.2) is 4.39 Å². The fraction of sp³-hybridized carbons (Fsp3) is 0.625. The third-order valence-electron chi connectivity index (χ3n) is 4.19. The van der Waals surface area contributed by atoms with Gasteiger partial charge in [-0.2, -0.15) is 0 Å². The molecule has 1 N–H and O–H groups in total. The van der Waals surface area contributed by atoms with E-state index in [1.807, 2.05) is 0 Å². The normalized spacial score (nSPS) is 22.4. The number of halogens is 1. The number of rotatable bonds is 4. The maximum atomic E-state index is 13.2. The van der Waals surface area contributed by atoms with Crippen LogP contribution in [-0.2, 0) is 0 Å². The average molecular weight is 265 g/mol. The average Bonchev–Trinajstić information content (AvgIpc) is 2.42. The summed E-state index contributed by atoms with van der Waals surface area (Å²) in [6.07, 6.45) is 4.35. The third kappa shape index (κ3) is 3.54. The van der Waals surface area contributed by atoms with Crippen LogP contribution in [0.25, 0.3) is 0 Å². The molecule has 106 valence electrons. The van der Waals surface area contributed by atoms with Crippen LogP contribution in [-0.4, -0.2) is 29.1 Å². The highest BCUT2D eigenvalue weighted by atomic mass is 19.1. The SMILES string of the molecule is CCC1CCCCN1CC(O)c1ccc(F)c(C)c1. The van der Waals surface area contributed by atoms with Crippen molar-refractivity contribution in [2.75, 3.05) is 13.1 Å². The Hall–Kier alpha value is -0.930. The first-order valence-corrected chi connectivity index (χ1v) is 7.30. The summed E-state index contributed by atoms with van der Waals surface area (Å²) in [4.78, 5) is 2.38. The highest BCUT2D eigenvalue weighted by Crippen LogP contribution is 2.24. The van der Waals surface area contributed by atoms with Gasteiger partial charge < -0.3 is 5.11 Å². The summed E-state index contributed by atoms with van der Waals surface area (Å²) >= 11 is 0. The largest absolute Gasteiger partial charge is 0.387 e. The molecule has 1 aromatic rings. The molecule has 0 radical (unpaired) electrons. The highest BCUT2D eigenvalue weighted by molar-refractivity contribution is 5.25. The predicted octanol–water partition coefficient (Wildman–Crippen LogP) is 3.43. The van der Waals surface area contributed by atoms with Gasteiger partial charge in [0.05, 0.1) is 6.10 Å². The summed E-state index contributed by atoms with van der Waals surface area (Å²) in [5.41, 5.74) is 1.42. The molecule has 0 amide bonds. The van der Waals surface area contributed by atoms with Crippen molar-refractivity contribution in [1.29, 1.82) is 0 Å². The van der Waals surface area contributed by atoms with Crippen LogP contribution in [0.2, 0.25) is 0 Å². The van der Waals surface area contributed by atoms with E-state index in [9.17, 15) is 9.50 Å².